The molecule has 3 aliphatic rings. The summed E-state index contributed by atoms with van der Waals surface area (Å²) in [7, 11) is -4.08. The van der Waals surface area contributed by atoms with Gasteiger partial charge < -0.3 is 0 Å². The number of halogens is 3. The monoisotopic (exact) mass is 457 g/mol. The van der Waals surface area contributed by atoms with Gasteiger partial charge >= 0.3 is 6.18 Å². The minimum atomic E-state index is -4.63. The first-order chi connectivity index (χ1) is 14.6. The smallest absolute Gasteiger partial charge is 0.283 e. The lowest BCUT2D eigenvalue weighted by molar-refractivity contribution is -0.143. The van der Waals surface area contributed by atoms with Crippen LogP contribution < -0.4 is 0 Å². The zero-order valence-electron chi connectivity index (χ0n) is 16.6. The van der Waals surface area contributed by atoms with Gasteiger partial charge in [0.25, 0.3) is 0 Å². The van der Waals surface area contributed by atoms with Crippen LogP contribution in [-0.2, 0) is 25.8 Å². The van der Waals surface area contributed by atoms with E-state index in [0.717, 1.165) is 22.5 Å². The zero-order valence-corrected chi connectivity index (χ0v) is 17.4. The Morgan fingerprint density at radius 3 is 2.06 bits per heavy atom. The maximum atomic E-state index is 12.9. The normalized spacial score (nSPS) is 25.8. The Morgan fingerprint density at radius 1 is 0.935 bits per heavy atom. The third-order valence-corrected chi connectivity index (χ3v) is 7.97. The predicted octanol–water partition coefficient (Wildman–Crippen LogP) is 1.92. The Balaban J connectivity index is 1.40. The first kappa shape index (κ1) is 22.0. The van der Waals surface area contributed by atoms with E-state index in [1.54, 1.807) is 0 Å². The van der Waals surface area contributed by atoms with Crippen LogP contribution in [0.3, 0.4) is 0 Å². The molecule has 0 bridgehead atoms. The molecule has 4 rings (SSSR count). The maximum absolute atomic E-state index is 12.9. The van der Waals surface area contributed by atoms with E-state index in [9.17, 15) is 31.2 Å². The Labute approximate surface area is 178 Å². The number of carbonyl (C=O) groups is 2. The Bertz CT molecular complexity index is 991. The molecule has 0 spiro atoms. The number of likely N-dealkylation sites (tertiary alicyclic amines) is 1. The van der Waals surface area contributed by atoms with Crippen molar-refractivity contribution < 1.29 is 31.2 Å². The first-order valence-electron chi connectivity index (χ1n) is 9.99. The van der Waals surface area contributed by atoms with Gasteiger partial charge in [-0.3, -0.25) is 19.4 Å². The average molecular weight is 457 g/mol. The number of amides is 2. The number of benzene rings is 1. The second kappa shape index (κ2) is 8.03. The Kier molecular flexibility index (Phi) is 5.69. The van der Waals surface area contributed by atoms with Gasteiger partial charge in [0.1, 0.15) is 0 Å². The highest BCUT2D eigenvalue weighted by Gasteiger charge is 2.47. The van der Waals surface area contributed by atoms with Gasteiger partial charge in [0, 0.05) is 26.2 Å². The number of carbonyl (C=O) groups excluding carboxylic acids is 2. The van der Waals surface area contributed by atoms with Gasteiger partial charge in [0.2, 0.25) is 21.8 Å². The van der Waals surface area contributed by atoms with E-state index in [0.29, 0.717) is 18.9 Å². The lowest BCUT2D eigenvalue weighted by Crippen LogP contribution is -2.52. The molecule has 2 atom stereocenters. The maximum Gasteiger partial charge on any atom is 0.416 e. The number of alkyl halides is 3. The van der Waals surface area contributed by atoms with Crippen molar-refractivity contribution in [1.82, 2.24) is 14.1 Å². The molecule has 1 aromatic rings. The first-order valence-corrected chi connectivity index (χ1v) is 11.4. The van der Waals surface area contributed by atoms with Crippen LogP contribution in [-0.4, -0.2) is 67.2 Å². The molecule has 2 heterocycles. The van der Waals surface area contributed by atoms with Gasteiger partial charge in [-0.1, -0.05) is 18.2 Å². The van der Waals surface area contributed by atoms with Crippen LogP contribution in [0.15, 0.2) is 41.3 Å². The van der Waals surface area contributed by atoms with Crippen molar-refractivity contribution in [2.45, 2.75) is 23.9 Å². The van der Waals surface area contributed by atoms with E-state index in [4.69, 9.17) is 0 Å². The lowest BCUT2D eigenvalue weighted by Gasteiger charge is -2.35. The van der Waals surface area contributed by atoms with Crippen molar-refractivity contribution in [2.24, 2.45) is 11.8 Å². The molecule has 2 aliphatic heterocycles. The minimum absolute atomic E-state index is 0.0587. The summed E-state index contributed by atoms with van der Waals surface area (Å²) in [6.07, 6.45) is 0.287. The molecular weight excluding hydrogens is 435 g/mol. The highest BCUT2D eigenvalue weighted by Crippen LogP contribution is 2.35. The topological polar surface area (TPSA) is 78.0 Å². The summed E-state index contributed by atoms with van der Waals surface area (Å²) in [5, 5.41) is 0. The van der Waals surface area contributed by atoms with Crippen molar-refractivity contribution in [3.05, 3.63) is 42.0 Å². The average Bonchev–Trinajstić information content (AvgIpc) is 2.99. The van der Waals surface area contributed by atoms with Crippen molar-refractivity contribution in [3.63, 3.8) is 0 Å². The van der Waals surface area contributed by atoms with Crippen LogP contribution in [0.4, 0.5) is 13.2 Å². The molecular formula is C20H22F3N3O4S. The van der Waals surface area contributed by atoms with Crippen molar-refractivity contribution in [2.75, 3.05) is 32.8 Å². The van der Waals surface area contributed by atoms with E-state index in [-0.39, 0.29) is 56.5 Å². The number of imide groups is 1. The SMILES string of the molecule is O=C1[C@H]2CC=CC[C@@H]2C(=O)N1CN1CCN(S(=O)(=O)c2cccc(C(F)(F)F)c2)CC1. The summed E-state index contributed by atoms with van der Waals surface area (Å²) in [6, 6.07) is 3.69. The molecule has 0 radical (unpaired) electrons. The molecule has 1 aliphatic carbocycles. The van der Waals surface area contributed by atoms with Gasteiger partial charge in [-0.05, 0) is 31.0 Å². The fraction of sp³-hybridized carbons (Fsp3) is 0.500. The number of hydrogen-bond donors (Lipinski definition) is 0. The molecule has 7 nitrogen and oxygen atoms in total. The number of fused-ring (bicyclic) bond motifs is 1. The molecule has 0 saturated carbocycles. The molecule has 0 aromatic heterocycles. The van der Waals surface area contributed by atoms with Gasteiger partial charge in [0.15, 0.2) is 0 Å². The molecule has 0 unspecified atom stereocenters. The number of piperazine rings is 1. The minimum Gasteiger partial charge on any atom is -0.283 e. The molecule has 168 valence electrons. The van der Waals surface area contributed by atoms with E-state index in [1.165, 1.54) is 4.90 Å². The van der Waals surface area contributed by atoms with Gasteiger partial charge in [-0.25, -0.2) is 8.42 Å². The third kappa shape index (κ3) is 4.13. The van der Waals surface area contributed by atoms with Crippen LogP contribution in [0.25, 0.3) is 0 Å². The van der Waals surface area contributed by atoms with E-state index < -0.39 is 26.7 Å². The predicted molar refractivity (Wildman–Crippen MR) is 104 cm³/mol. The lowest BCUT2D eigenvalue weighted by atomic mass is 9.85. The highest BCUT2D eigenvalue weighted by molar-refractivity contribution is 7.89. The third-order valence-electron chi connectivity index (χ3n) is 6.07. The second-order valence-electron chi connectivity index (χ2n) is 7.95. The highest BCUT2D eigenvalue weighted by atomic mass is 32.2. The quantitative estimate of drug-likeness (QED) is 0.510. The van der Waals surface area contributed by atoms with Crippen LogP contribution in [0, 0.1) is 11.8 Å². The van der Waals surface area contributed by atoms with E-state index in [2.05, 4.69) is 0 Å². The van der Waals surface area contributed by atoms with Crippen LogP contribution in [0.5, 0.6) is 0 Å². The van der Waals surface area contributed by atoms with E-state index in [1.807, 2.05) is 17.1 Å². The Hall–Kier alpha value is -2.24. The fourth-order valence-corrected chi connectivity index (χ4v) is 5.77. The number of hydrogen-bond acceptors (Lipinski definition) is 5. The van der Waals surface area contributed by atoms with Crippen LogP contribution >= 0.6 is 0 Å². The van der Waals surface area contributed by atoms with Gasteiger partial charge in [-0.2, -0.15) is 17.5 Å². The summed E-state index contributed by atoms with van der Waals surface area (Å²) < 4.78 is 65.6. The summed E-state index contributed by atoms with van der Waals surface area (Å²) in [4.78, 5) is 27.8. The summed E-state index contributed by atoms with van der Waals surface area (Å²) in [5.74, 6) is -1.03. The molecule has 2 amide bonds. The standard InChI is InChI=1S/C20H22F3N3O4S/c21-20(22,23)14-4-3-5-15(12-14)31(29,30)25-10-8-24(9-11-25)13-26-18(27)16-6-1-2-7-17(16)19(26)28/h1-5,12,16-17H,6-11,13H2/t16-,17-/m0/s1. The number of rotatable bonds is 4. The summed E-state index contributed by atoms with van der Waals surface area (Å²) in [6.45, 7) is 0.750. The number of allylic oxidation sites excluding steroid dienone is 2. The molecule has 2 fully saturated rings. The van der Waals surface area contributed by atoms with Crippen molar-refractivity contribution in [3.8, 4) is 0 Å². The second-order valence-corrected chi connectivity index (χ2v) is 9.89. The van der Waals surface area contributed by atoms with Crippen molar-refractivity contribution in [1.29, 1.82) is 0 Å². The Morgan fingerprint density at radius 2 is 1.52 bits per heavy atom. The molecule has 11 heteroatoms. The van der Waals surface area contributed by atoms with Crippen LogP contribution in [0.1, 0.15) is 18.4 Å². The largest absolute Gasteiger partial charge is 0.416 e. The van der Waals surface area contributed by atoms with Gasteiger partial charge in [-0.15, -0.1) is 0 Å². The molecule has 1 aromatic carbocycles. The summed E-state index contributed by atoms with van der Waals surface area (Å²) in [5.41, 5.74) is -1.02. The molecule has 2 saturated heterocycles. The number of nitrogens with zero attached hydrogens (tertiary/aromatic N) is 3. The zero-order chi connectivity index (χ0) is 22.4. The van der Waals surface area contributed by atoms with Gasteiger partial charge in [0.05, 0.1) is 29.0 Å². The molecule has 0 N–H and O–H groups in total. The fourth-order valence-electron chi connectivity index (χ4n) is 4.30. The van der Waals surface area contributed by atoms with Crippen molar-refractivity contribution >= 4 is 21.8 Å². The molecule has 31 heavy (non-hydrogen) atoms. The van der Waals surface area contributed by atoms with Crippen LogP contribution in [0.2, 0.25) is 0 Å². The summed E-state index contributed by atoms with van der Waals surface area (Å²) >= 11 is 0. The van der Waals surface area contributed by atoms with E-state index >= 15 is 0 Å². The number of sulfonamides is 1.